The van der Waals surface area contributed by atoms with Crippen LogP contribution in [-0.2, 0) is 12.8 Å². The van der Waals surface area contributed by atoms with Gasteiger partial charge in [-0.05, 0) is 35.7 Å². The fraction of sp³-hybridized carbons (Fsp3) is 0.381. The second-order valence-electron chi connectivity index (χ2n) is 6.12. The fourth-order valence-corrected chi connectivity index (χ4v) is 3.44. The lowest BCUT2D eigenvalue weighted by molar-refractivity contribution is 0.323. The van der Waals surface area contributed by atoms with Crippen LogP contribution in [-0.4, -0.2) is 47.8 Å². The van der Waals surface area contributed by atoms with Crippen molar-refractivity contribution in [1.29, 1.82) is 0 Å². The number of aliphatic imine (C=N–C) groups is 1. The molecule has 6 nitrogen and oxygen atoms in total. The average Bonchev–Trinajstić information content (AvgIpc) is 2.72. The number of hydrogen-bond acceptors (Lipinski definition) is 6. The van der Waals surface area contributed by atoms with Gasteiger partial charge in [-0.25, -0.2) is 0 Å². The SMILES string of the molecule is COc1ccc(CC2=NCCc3cc(OC)c(OC)c(OC)c32)cc1OC. The van der Waals surface area contributed by atoms with E-state index in [-0.39, 0.29) is 0 Å². The normalized spacial score (nSPS) is 12.7. The summed E-state index contributed by atoms with van der Waals surface area (Å²) in [6, 6.07) is 7.92. The second-order valence-corrected chi connectivity index (χ2v) is 6.12. The summed E-state index contributed by atoms with van der Waals surface area (Å²) in [4.78, 5) is 4.77. The summed E-state index contributed by atoms with van der Waals surface area (Å²) in [6.45, 7) is 0.730. The van der Waals surface area contributed by atoms with E-state index >= 15 is 0 Å². The molecule has 0 fully saturated rings. The van der Waals surface area contributed by atoms with Crippen LogP contribution in [0.15, 0.2) is 29.3 Å². The van der Waals surface area contributed by atoms with Gasteiger partial charge < -0.3 is 23.7 Å². The molecule has 144 valence electrons. The zero-order chi connectivity index (χ0) is 19.4. The molecule has 0 amide bonds. The molecule has 0 spiro atoms. The van der Waals surface area contributed by atoms with Gasteiger partial charge >= 0.3 is 0 Å². The van der Waals surface area contributed by atoms with E-state index in [1.165, 1.54) is 0 Å². The summed E-state index contributed by atoms with van der Waals surface area (Å²) in [6.07, 6.45) is 1.49. The molecule has 2 aromatic rings. The van der Waals surface area contributed by atoms with Crippen LogP contribution in [0, 0.1) is 0 Å². The molecule has 1 aliphatic heterocycles. The number of nitrogens with zero attached hydrogens (tertiary/aromatic N) is 1. The van der Waals surface area contributed by atoms with Gasteiger partial charge in [-0.1, -0.05) is 6.07 Å². The van der Waals surface area contributed by atoms with Gasteiger partial charge in [0, 0.05) is 18.5 Å². The van der Waals surface area contributed by atoms with Crippen LogP contribution in [0.5, 0.6) is 28.7 Å². The molecule has 0 atom stereocenters. The van der Waals surface area contributed by atoms with Crippen molar-refractivity contribution in [2.45, 2.75) is 12.8 Å². The molecule has 0 N–H and O–H groups in total. The minimum Gasteiger partial charge on any atom is -0.493 e. The molecule has 1 aliphatic rings. The summed E-state index contributed by atoms with van der Waals surface area (Å²) in [7, 11) is 8.14. The average molecular weight is 371 g/mol. The van der Waals surface area contributed by atoms with Gasteiger partial charge in [0.05, 0.1) is 41.3 Å². The van der Waals surface area contributed by atoms with Crippen molar-refractivity contribution in [3.63, 3.8) is 0 Å². The molecule has 2 aromatic carbocycles. The van der Waals surface area contributed by atoms with Crippen molar-refractivity contribution in [3.05, 3.63) is 41.0 Å². The predicted octanol–water partition coefficient (Wildman–Crippen LogP) is 3.32. The first-order chi connectivity index (χ1) is 13.2. The van der Waals surface area contributed by atoms with E-state index in [1.54, 1.807) is 35.5 Å². The van der Waals surface area contributed by atoms with E-state index in [2.05, 4.69) is 0 Å². The Hall–Kier alpha value is -2.89. The summed E-state index contributed by atoms with van der Waals surface area (Å²) < 4.78 is 27.5. The number of methoxy groups -OCH3 is 5. The van der Waals surface area contributed by atoms with Crippen LogP contribution >= 0.6 is 0 Å². The largest absolute Gasteiger partial charge is 0.493 e. The molecular weight excluding hydrogens is 346 g/mol. The van der Waals surface area contributed by atoms with Crippen molar-refractivity contribution in [1.82, 2.24) is 0 Å². The quantitative estimate of drug-likeness (QED) is 0.747. The van der Waals surface area contributed by atoms with E-state index in [9.17, 15) is 0 Å². The topological polar surface area (TPSA) is 58.5 Å². The summed E-state index contributed by atoms with van der Waals surface area (Å²) >= 11 is 0. The number of hydrogen-bond donors (Lipinski definition) is 0. The third kappa shape index (κ3) is 3.52. The van der Waals surface area contributed by atoms with Gasteiger partial charge in [-0.3, -0.25) is 4.99 Å². The number of fused-ring (bicyclic) bond motifs is 1. The molecule has 0 aliphatic carbocycles. The summed E-state index contributed by atoms with van der Waals surface area (Å²) in [5, 5.41) is 0. The highest BCUT2D eigenvalue weighted by molar-refractivity contribution is 6.07. The molecule has 0 radical (unpaired) electrons. The number of ether oxygens (including phenoxy) is 5. The summed E-state index contributed by atoms with van der Waals surface area (Å²) in [5.74, 6) is 3.31. The monoisotopic (exact) mass is 371 g/mol. The highest BCUT2D eigenvalue weighted by Crippen LogP contribution is 2.43. The molecule has 0 aromatic heterocycles. The predicted molar refractivity (Wildman–Crippen MR) is 104 cm³/mol. The molecule has 0 unspecified atom stereocenters. The fourth-order valence-electron chi connectivity index (χ4n) is 3.44. The van der Waals surface area contributed by atoms with Crippen LogP contribution in [0.4, 0.5) is 0 Å². The van der Waals surface area contributed by atoms with E-state index < -0.39 is 0 Å². The standard InChI is InChI=1S/C21H25NO5/c1-23-16-7-6-13(11-17(16)24-2)10-15-19-14(8-9-22-15)12-18(25-3)20(26-4)21(19)27-5/h6-7,11-12H,8-10H2,1-5H3. The van der Waals surface area contributed by atoms with E-state index in [4.69, 9.17) is 28.7 Å². The van der Waals surface area contributed by atoms with E-state index in [0.717, 1.165) is 35.4 Å². The zero-order valence-electron chi connectivity index (χ0n) is 16.4. The molecule has 27 heavy (non-hydrogen) atoms. The van der Waals surface area contributed by atoms with Crippen LogP contribution in [0.2, 0.25) is 0 Å². The lowest BCUT2D eigenvalue weighted by Crippen LogP contribution is -2.17. The van der Waals surface area contributed by atoms with Gasteiger partial charge in [0.1, 0.15) is 0 Å². The van der Waals surface area contributed by atoms with Gasteiger partial charge in [0.2, 0.25) is 5.75 Å². The van der Waals surface area contributed by atoms with Crippen molar-refractivity contribution in [3.8, 4) is 28.7 Å². The summed E-state index contributed by atoms with van der Waals surface area (Å²) in [5.41, 5.74) is 4.17. The highest BCUT2D eigenvalue weighted by Gasteiger charge is 2.26. The molecule has 0 bridgehead atoms. The van der Waals surface area contributed by atoms with Crippen LogP contribution < -0.4 is 23.7 Å². The Morgan fingerprint density at radius 3 is 2.11 bits per heavy atom. The molecule has 6 heteroatoms. The highest BCUT2D eigenvalue weighted by atomic mass is 16.5. The minimum atomic E-state index is 0.584. The smallest absolute Gasteiger partial charge is 0.203 e. The Kier molecular flexibility index (Phi) is 5.74. The Bertz CT molecular complexity index is 860. The van der Waals surface area contributed by atoms with Crippen molar-refractivity contribution in [2.75, 3.05) is 42.1 Å². The van der Waals surface area contributed by atoms with Crippen LogP contribution in [0.25, 0.3) is 0 Å². The Balaban J connectivity index is 2.04. The van der Waals surface area contributed by atoms with Gasteiger partial charge in [-0.2, -0.15) is 0 Å². The first-order valence-electron chi connectivity index (χ1n) is 8.73. The van der Waals surface area contributed by atoms with Crippen molar-refractivity contribution in [2.24, 2.45) is 4.99 Å². The second kappa shape index (κ2) is 8.20. The molecule has 1 heterocycles. The maximum atomic E-state index is 5.70. The third-order valence-electron chi connectivity index (χ3n) is 4.70. The number of benzene rings is 2. The lowest BCUT2D eigenvalue weighted by Gasteiger charge is -2.23. The third-order valence-corrected chi connectivity index (χ3v) is 4.70. The Morgan fingerprint density at radius 2 is 1.48 bits per heavy atom. The lowest BCUT2D eigenvalue weighted by atomic mass is 9.92. The Morgan fingerprint density at radius 1 is 0.778 bits per heavy atom. The first kappa shape index (κ1) is 18.9. The maximum absolute atomic E-state index is 5.70. The molecule has 3 rings (SSSR count). The van der Waals surface area contributed by atoms with Gasteiger partial charge in [-0.15, -0.1) is 0 Å². The molecule has 0 saturated heterocycles. The van der Waals surface area contributed by atoms with Crippen LogP contribution in [0.3, 0.4) is 0 Å². The Labute approximate surface area is 159 Å². The van der Waals surface area contributed by atoms with Crippen LogP contribution in [0.1, 0.15) is 16.7 Å². The van der Waals surface area contributed by atoms with Gasteiger partial charge in [0.15, 0.2) is 23.0 Å². The first-order valence-corrected chi connectivity index (χ1v) is 8.73. The van der Waals surface area contributed by atoms with E-state index in [1.807, 2.05) is 24.3 Å². The van der Waals surface area contributed by atoms with Gasteiger partial charge in [0.25, 0.3) is 0 Å². The molecule has 0 saturated carbocycles. The van der Waals surface area contributed by atoms with Crippen molar-refractivity contribution >= 4 is 5.71 Å². The van der Waals surface area contributed by atoms with Crippen molar-refractivity contribution < 1.29 is 23.7 Å². The number of rotatable bonds is 7. The molecular formula is C21H25NO5. The maximum Gasteiger partial charge on any atom is 0.203 e. The zero-order valence-corrected chi connectivity index (χ0v) is 16.4. The van der Waals surface area contributed by atoms with E-state index in [0.29, 0.717) is 35.2 Å². The minimum absolute atomic E-state index is 0.584.